The van der Waals surface area contributed by atoms with Gasteiger partial charge in [-0.3, -0.25) is 10.1 Å². The summed E-state index contributed by atoms with van der Waals surface area (Å²) in [6, 6.07) is 11.5. The first-order valence-corrected chi connectivity index (χ1v) is 7.18. The molecule has 2 N–H and O–H groups in total. The Labute approximate surface area is 130 Å². The highest BCUT2D eigenvalue weighted by Crippen LogP contribution is 2.22. The second kappa shape index (κ2) is 6.78. The van der Waals surface area contributed by atoms with Crippen LogP contribution in [0.3, 0.4) is 0 Å². The number of hydrogen-bond donors (Lipinski definition) is 1. The third-order valence-corrected chi connectivity index (χ3v) is 3.62. The van der Waals surface area contributed by atoms with Gasteiger partial charge in [0.25, 0.3) is 0 Å². The van der Waals surface area contributed by atoms with Crippen molar-refractivity contribution in [1.82, 2.24) is 0 Å². The van der Waals surface area contributed by atoms with Gasteiger partial charge in [0.2, 0.25) is 5.82 Å². The van der Waals surface area contributed by atoms with E-state index in [1.165, 1.54) is 12.1 Å². The molecule has 6 heteroatoms. The minimum Gasteiger partial charge on any atom is -0.327 e. The topological polar surface area (TPSA) is 69.2 Å². The van der Waals surface area contributed by atoms with Crippen LogP contribution < -0.4 is 5.73 Å². The summed E-state index contributed by atoms with van der Waals surface area (Å²) in [5.74, 6) is -0.799. The molecule has 4 nitrogen and oxygen atoms in total. The van der Waals surface area contributed by atoms with Gasteiger partial charge in [-0.05, 0) is 36.1 Å². The highest BCUT2D eigenvalue weighted by Gasteiger charge is 2.18. The molecule has 0 aliphatic carbocycles. The van der Waals surface area contributed by atoms with Crippen LogP contribution in [-0.4, -0.2) is 11.0 Å². The van der Waals surface area contributed by atoms with Gasteiger partial charge in [0, 0.05) is 16.6 Å². The molecule has 0 saturated carbocycles. The van der Waals surface area contributed by atoms with Crippen LogP contribution in [-0.2, 0) is 12.8 Å². The molecule has 1 unspecified atom stereocenters. The maximum atomic E-state index is 14.0. The van der Waals surface area contributed by atoms with Crippen LogP contribution in [0.4, 0.5) is 10.1 Å². The van der Waals surface area contributed by atoms with E-state index in [4.69, 9.17) is 5.73 Å². The van der Waals surface area contributed by atoms with Gasteiger partial charge in [-0.2, -0.15) is 4.39 Å². The van der Waals surface area contributed by atoms with Crippen molar-refractivity contribution in [3.63, 3.8) is 0 Å². The van der Waals surface area contributed by atoms with Crippen molar-refractivity contribution in [1.29, 1.82) is 0 Å². The van der Waals surface area contributed by atoms with Crippen molar-refractivity contribution in [2.24, 2.45) is 5.73 Å². The van der Waals surface area contributed by atoms with Gasteiger partial charge in [0.15, 0.2) is 0 Å². The third-order valence-electron chi connectivity index (χ3n) is 3.12. The van der Waals surface area contributed by atoms with E-state index in [2.05, 4.69) is 15.9 Å². The average Bonchev–Trinajstić information content (AvgIpc) is 2.40. The molecule has 0 saturated heterocycles. The Balaban J connectivity index is 2.11. The number of halogens is 2. The number of benzene rings is 2. The van der Waals surface area contributed by atoms with Gasteiger partial charge in [0.1, 0.15) is 0 Å². The van der Waals surface area contributed by atoms with E-state index >= 15 is 0 Å². The summed E-state index contributed by atoms with van der Waals surface area (Å²) in [6.45, 7) is 0. The maximum Gasteiger partial charge on any atom is 0.305 e. The predicted octanol–water partition coefficient (Wildman–Crippen LogP) is 3.61. The van der Waals surface area contributed by atoms with E-state index in [0.29, 0.717) is 6.42 Å². The molecule has 0 bridgehead atoms. The van der Waals surface area contributed by atoms with Crippen LogP contribution in [0.1, 0.15) is 11.1 Å². The largest absolute Gasteiger partial charge is 0.327 e. The van der Waals surface area contributed by atoms with Crippen LogP contribution in [0.5, 0.6) is 0 Å². The molecule has 0 aliphatic rings. The number of rotatable bonds is 5. The molecular formula is C15H14BrFN2O2. The van der Waals surface area contributed by atoms with E-state index in [-0.39, 0.29) is 18.0 Å². The summed E-state index contributed by atoms with van der Waals surface area (Å²) in [5.41, 5.74) is 6.82. The van der Waals surface area contributed by atoms with E-state index in [1.807, 2.05) is 24.3 Å². The monoisotopic (exact) mass is 352 g/mol. The zero-order valence-corrected chi connectivity index (χ0v) is 12.7. The normalized spacial score (nSPS) is 12.1. The van der Waals surface area contributed by atoms with Gasteiger partial charge >= 0.3 is 5.69 Å². The van der Waals surface area contributed by atoms with Crippen molar-refractivity contribution in [2.75, 3.05) is 0 Å². The van der Waals surface area contributed by atoms with Crippen LogP contribution in [0, 0.1) is 15.9 Å². The minimum absolute atomic E-state index is 0.250. The van der Waals surface area contributed by atoms with E-state index in [1.54, 1.807) is 0 Å². The summed E-state index contributed by atoms with van der Waals surface area (Å²) in [7, 11) is 0. The minimum atomic E-state index is -0.799. The fourth-order valence-corrected chi connectivity index (χ4v) is 2.63. The molecule has 1 atom stereocenters. The van der Waals surface area contributed by atoms with Gasteiger partial charge < -0.3 is 5.73 Å². The Bertz CT molecular complexity index is 664. The summed E-state index contributed by atoms with van der Waals surface area (Å²) in [4.78, 5) is 9.99. The van der Waals surface area contributed by atoms with Crippen molar-refractivity contribution < 1.29 is 9.31 Å². The zero-order chi connectivity index (χ0) is 15.4. The van der Waals surface area contributed by atoms with E-state index in [9.17, 15) is 14.5 Å². The lowest BCUT2D eigenvalue weighted by molar-refractivity contribution is -0.387. The number of nitro benzene ring substituents is 1. The molecule has 21 heavy (non-hydrogen) atoms. The molecule has 2 aromatic carbocycles. The summed E-state index contributed by atoms with van der Waals surface area (Å²) in [6.07, 6.45) is 0.821. The lowest BCUT2D eigenvalue weighted by atomic mass is 9.99. The second-order valence-electron chi connectivity index (χ2n) is 4.81. The molecule has 110 valence electrons. The molecule has 0 radical (unpaired) electrons. The molecule has 2 aromatic rings. The molecular weight excluding hydrogens is 339 g/mol. The van der Waals surface area contributed by atoms with E-state index in [0.717, 1.165) is 16.1 Å². The van der Waals surface area contributed by atoms with Gasteiger partial charge in [-0.25, -0.2) is 0 Å². The van der Waals surface area contributed by atoms with Crippen LogP contribution >= 0.6 is 15.9 Å². The number of nitrogens with zero attached hydrogens (tertiary/aromatic N) is 1. The lowest BCUT2D eigenvalue weighted by Crippen LogP contribution is -2.26. The average molecular weight is 353 g/mol. The first-order chi connectivity index (χ1) is 9.97. The smallest absolute Gasteiger partial charge is 0.305 e. The Kier molecular flexibility index (Phi) is 5.03. The molecule has 0 heterocycles. The molecule has 0 aliphatic heterocycles. The molecule has 2 rings (SSSR count). The summed E-state index contributed by atoms with van der Waals surface area (Å²) < 4.78 is 14.9. The van der Waals surface area contributed by atoms with Crippen molar-refractivity contribution in [2.45, 2.75) is 18.9 Å². The molecule has 0 amide bonds. The molecule has 0 fully saturated rings. The molecule has 0 aromatic heterocycles. The summed E-state index contributed by atoms with van der Waals surface area (Å²) >= 11 is 3.38. The standard InChI is InChI=1S/C15H14BrFN2O2/c16-12-5-1-3-10(7-12)8-13(18)9-11-4-2-6-14(15(11)17)19(20)21/h1-7,13H,8-9,18H2. The fraction of sp³-hybridized carbons (Fsp3) is 0.200. The fourth-order valence-electron chi connectivity index (χ4n) is 2.19. The highest BCUT2D eigenvalue weighted by atomic mass is 79.9. The maximum absolute atomic E-state index is 14.0. The van der Waals surface area contributed by atoms with Crippen LogP contribution in [0.2, 0.25) is 0 Å². The van der Waals surface area contributed by atoms with Crippen LogP contribution in [0.25, 0.3) is 0 Å². The highest BCUT2D eigenvalue weighted by molar-refractivity contribution is 9.10. The Morgan fingerprint density at radius 3 is 2.62 bits per heavy atom. The number of nitro groups is 1. The Hall–Kier alpha value is -1.79. The third kappa shape index (κ3) is 4.09. The van der Waals surface area contributed by atoms with Gasteiger partial charge in [-0.15, -0.1) is 0 Å². The van der Waals surface area contributed by atoms with E-state index < -0.39 is 16.4 Å². The SMILES string of the molecule is NC(Cc1cccc(Br)c1)Cc1cccc([N+](=O)[O-])c1F. The Morgan fingerprint density at radius 1 is 1.24 bits per heavy atom. The van der Waals surface area contributed by atoms with Gasteiger partial charge in [-0.1, -0.05) is 40.2 Å². The predicted molar refractivity (Wildman–Crippen MR) is 82.6 cm³/mol. The quantitative estimate of drug-likeness (QED) is 0.660. The zero-order valence-electron chi connectivity index (χ0n) is 11.1. The van der Waals surface area contributed by atoms with Gasteiger partial charge in [0.05, 0.1) is 4.92 Å². The lowest BCUT2D eigenvalue weighted by Gasteiger charge is -2.12. The second-order valence-corrected chi connectivity index (χ2v) is 5.72. The molecule has 0 spiro atoms. The Morgan fingerprint density at radius 2 is 1.95 bits per heavy atom. The number of hydrogen-bond acceptors (Lipinski definition) is 3. The summed E-state index contributed by atoms with van der Waals surface area (Å²) in [5, 5.41) is 10.7. The number of nitrogens with two attached hydrogens (primary N) is 1. The van der Waals surface area contributed by atoms with Crippen LogP contribution in [0.15, 0.2) is 46.9 Å². The first-order valence-electron chi connectivity index (χ1n) is 6.39. The van der Waals surface area contributed by atoms with Crippen molar-refractivity contribution >= 4 is 21.6 Å². The first kappa shape index (κ1) is 15.6. The van der Waals surface area contributed by atoms with Crippen molar-refractivity contribution in [3.05, 3.63) is 74.0 Å². The van der Waals surface area contributed by atoms with Crippen molar-refractivity contribution in [3.8, 4) is 0 Å².